The Morgan fingerprint density at radius 1 is 1.06 bits per heavy atom. The first-order chi connectivity index (χ1) is 15.0. The molecule has 2 aromatic carbocycles. The van der Waals surface area contributed by atoms with Crippen LogP contribution < -0.4 is 16.0 Å². The number of hydrogen-bond donors (Lipinski definition) is 3. The van der Waals surface area contributed by atoms with Crippen molar-refractivity contribution in [3.05, 3.63) is 83.8 Å². The second kappa shape index (κ2) is 10.5. The van der Waals surface area contributed by atoms with E-state index in [1.54, 1.807) is 48.2 Å². The highest BCUT2D eigenvalue weighted by Gasteiger charge is 2.14. The lowest BCUT2D eigenvalue weighted by molar-refractivity contribution is 0.102. The summed E-state index contributed by atoms with van der Waals surface area (Å²) in [7, 11) is 0. The minimum atomic E-state index is -0.319. The maximum Gasteiger partial charge on any atom is 0.319 e. The molecule has 31 heavy (non-hydrogen) atoms. The normalized spacial score (nSPS) is 10.4. The van der Waals surface area contributed by atoms with E-state index >= 15 is 0 Å². The van der Waals surface area contributed by atoms with Crippen LogP contribution in [-0.4, -0.2) is 23.6 Å². The van der Waals surface area contributed by atoms with Gasteiger partial charge in [0.2, 0.25) is 0 Å². The van der Waals surface area contributed by atoms with Crippen LogP contribution in [0.3, 0.4) is 0 Å². The molecule has 3 amide bonds. The van der Waals surface area contributed by atoms with Gasteiger partial charge in [-0.3, -0.25) is 4.79 Å². The summed E-state index contributed by atoms with van der Waals surface area (Å²) in [5.41, 5.74) is 3.74. The Kier molecular flexibility index (Phi) is 7.50. The van der Waals surface area contributed by atoms with Gasteiger partial charge in [-0.25, -0.2) is 4.79 Å². The number of rotatable bonds is 8. The first-order valence-electron chi connectivity index (χ1n) is 9.68. The standard InChI is InChI=1S/C23H24N4O3S/c1-4-13-24-23(29)26-18-11-9-17(10-12-18)25-22(28)19-7-5-6-8-21(19)31-14-20-15(2)27-30-16(20)3/h4-12H,1,13-14H2,2-3H3,(H,25,28)(H2,24,26,29). The number of aryl methyl sites for hydroxylation is 2. The summed E-state index contributed by atoms with van der Waals surface area (Å²) in [6.07, 6.45) is 1.60. The van der Waals surface area contributed by atoms with Crippen molar-refractivity contribution in [2.75, 3.05) is 17.2 Å². The molecule has 0 atom stereocenters. The van der Waals surface area contributed by atoms with Gasteiger partial charge in [-0.2, -0.15) is 0 Å². The summed E-state index contributed by atoms with van der Waals surface area (Å²) in [6.45, 7) is 7.73. The number of benzene rings is 2. The Hall–Kier alpha value is -3.52. The third-order valence-corrected chi connectivity index (χ3v) is 5.59. The highest BCUT2D eigenvalue weighted by molar-refractivity contribution is 7.98. The molecule has 0 aliphatic rings. The van der Waals surface area contributed by atoms with Crippen LogP contribution in [0.25, 0.3) is 0 Å². The molecule has 3 rings (SSSR count). The first kappa shape index (κ1) is 22.2. The topological polar surface area (TPSA) is 96.3 Å². The molecule has 160 valence electrons. The molecule has 0 saturated carbocycles. The van der Waals surface area contributed by atoms with Crippen LogP contribution in [0.15, 0.2) is 70.6 Å². The third-order valence-electron chi connectivity index (χ3n) is 4.49. The zero-order valence-corrected chi connectivity index (χ0v) is 18.2. The summed E-state index contributed by atoms with van der Waals surface area (Å²) in [5.74, 6) is 1.25. The SMILES string of the molecule is C=CCNC(=O)Nc1ccc(NC(=O)c2ccccc2SCc2c(C)noc2C)cc1. The van der Waals surface area contributed by atoms with Gasteiger partial charge in [0.1, 0.15) is 5.76 Å². The number of hydrogen-bond acceptors (Lipinski definition) is 5. The molecule has 0 spiro atoms. The Balaban J connectivity index is 1.64. The molecule has 0 aliphatic carbocycles. The first-order valence-corrected chi connectivity index (χ1v) is 10.7. The lowest BCUT2D eigenvalue weighted by atomic mass is 10.2. The molecule has 7 nitrogen and oxygen atoms in total. The number of nitrogens with zero attached hydrogens (tertiary/aromatic N) is 1. The summed E-state index contributed by atoms with van der Waals surface area (Å²) in [6, 6.07) is 14.1. The van der Waals surface area contributed by atoms with E-state index < -0.39 is 0 Å². The Morgan fingerprint density at radius 3 is 2.39 bits per heavy atom. The molecule has 0 bridgehead atoms. The van der Waals surface area contributed by atoms with E-state index in [1.807, 2.05) is 32.0 Å². The number of carbonyl (C=O) groups is 2. The van der Waals surface area contributed by atoms with Crippen LogP contribution in [0.1, 0.15) is 27.4 Å². The average molecular weight is 437 g/mol. The van der Waals surface area contributed by atoms with Crippen molar-refractivity contribution < 1.29 is 14.1 Å². The Labute approximate surface area is 185 Å². The molecule has 1 heterocycles. The predicted octanol–water partition coefficient (Wildman–Crippen LogP) is 5.14. The van der Waals surface area contributed by atoms with Gasteiger partial charge >= 0.3 is 6.03 Å². The van der Waals surface area contributed by atoms with E-state index in [1.165, 1.54) is 0 Å². The van der Waals surface area contributed by atoms with Crippen LogP contribution in [0.2, 0.25) is 0 Å². The molecule has 8 heteroatoms. The minimum Gasteiger partial charge on any atom is -0.361 e. The van der Waals surface area contributed by atoms with Crippen LogP contribution >= 0.6 is 11.8 Å². The largest absolute Gasteiger partial charge is 0.361 e. The second-order valence-electron chi connectivity index (χ2n) is 6.74. The van der Waals surface area contributed by atoms with Gasteiger partial charge in [0.05, 0.1) is 11.3 Å². The van der Waals surface area contributed by atoms with Crippen molar-refractivity contribution in [1.82, 2.24) is 10.5 Å². The van der Waals surface area contributed by atoms with Crippen LogP contribution in [-0.2, 0) is 5.75 Å². The Morgan fingerprint density at radius 2 is 1.74 bits per heavy atom. The quantitative estimate of drug-likeness (QED) is 0.335. The van der Waals surface area contributed by atoms with Crippen LogP contribution in [0, 0.1) is 13.8 Å². The summed E-state index contributed by atoms with van der Waals surface area (Å²) >= 11 is 1.57. The zero-order valence-electron chi connectivity index (χ0n) is 17.4. The molecule has 0 fully saturated rings. The van der Waals surface area contributed by atoms with Crippen molar-refractivity contribution in [2.45, 2.75) is 24.5 Å². The van der Waals surface area contributed by atoms with E-state index in [9.17, 15) is 9.59 Å². The van der Waals surface area contributed by atoms with Gasteiger partial charge in [0.25, 0.3) is 5.91 Å². The van der Waals surface area contributed by atoms with Crippen molar-refractivity contribution >= 4 is 35.1 Å². The summed E-state index contributed by atoms with van der Waals surface area (Å²) in [4.78, 5) is 25.4. The smallest absolute Gasteiger partial charge is 0.319 e. The molecule has 1 aromatic heterocycles. The van der Waals surface area contributed by atoms with Crippen molar-refractivity contribution in [3.63, 3.8) is 0 Å². The van der Waals surface area contributed by atoms with E-state index in [4.69, 9.17) is 4.52 Å². The molecule has 0 aliphatic heterocycles. The number of thioether (sulfide) groups is 1. The maximum atomic E-state index is 12.9. The highest BCUT2D eigenvalue weighted by Crippen LogP contribution is 2.29. The summed E-state index contributed by atoms with van der Waals surface area (Å²) in [5, 5.41) is 12.2. The monoisotopic (exact) mass is 436 g/mol. The van der Waals surface area contributed by atoms with Gasteiger partial charge in [-0.15, -0.1) is 18.3 Å². The second-order valence-corrected chi connectivity index (χ2v) is 7.76. The molecular formula is C23H24N4O3S. The summed E-state index contributed by atoms with van der Waals surface area (Å²) < 4.78 is 5.22. The van der Waals surface area contributed by atoms with Gasteiger partial charge in [0.15, 0.2) is 0 Å². The number of urea groups is 1. The van der Waals surface area contributed by atoms with E-state index in [-0.39, 0.29) is 11.9 Å². The fourth-order valence-electron chi connectivity index (χ4n) is 2.81. The van der Waals surface area contributed by atoms with Gasteiger partial charge in [-0.1, -0.05) is 23.4 Å². The number of carbonyl (C=O) groups excluding carboxylic acids is 2. The highest BCUT2D eigenvalue weighted by atomic mass is 32.2. The van der Waals surface area contributed by atoms with E-state index in [0.29, 0.717) is 29.2 Å². The van der Waals surface area contributed by atoms with Crippen LogP contribution in [0.5, 0.6) is 0 Å². The predicted molar refractivity (Wildman–Crippen MR) is 124 cm³/mol. The molecule has 0 unspecified atom stereocenters. The molecule has 0 saturated heterocycles. The van der Waals surface area contributed by atoms with Gasteiger partial charge < -0.3 is 20.5 Å². The lowest BCUT2D eigenvalue weighted by Crippen LogP contribution is -2.28. The fraction of sp³-hybridized carbons (Fsp3) is 0.174. The number of anilines is 2. The Bertz CT molecular complexity index is 1060. The van der Waals surface area contributed by atoms with Crippen molar-refractivity contribution in [2.24, 2.45) is 0 Å². The molecule has 3 N–H and O–H groups in total. The van der Waals surface area contributed by atoms with Gasteiger partial charge in [-0.05, 0) is 50.2 Å². The fourth-order valence-corrected chi connectivity index (χ4v) is 4.02. The van der Waals surface area contributed by atoms with Crippen molar-refractivity contribution in [3.8, 4) is 0 Å². The van der Waals surface area contributed by atoms with Crippen LogP contribution in [0.4, 0.5) is 16.2 Å². The maximum absolute atomic E-state index is 12.9. The average Bonchev–Trinajstić information content (AvgIpc) is 3.09. The van der Waals surface area contributed by atoms with Crippen molar-refractivity contribution in [1.29, 1.82) is 0 Å². The minimum absolute atomic E-state index is 0.203. The number of aromatic nitrogens is 1. The van der Waals surface area contributed by atoms with E-state index in [0.717, 1.165) is 21.9 Å². The number of amides is 3. The molecule has 0 radical (unpaired) electrons. The molecule has 3 aromatic rings. The molecular weight excluding hydrogens is 412 g/mol. The number of nitrogens with one attached hydrogen (secondary N) is 3. The van der Waals surface area contributed by atoms with E-state index in [2.05, 4.69) is 27.7 Å². The van der Waals surface area contributed by atoms with Gasteiger partial charge in [0, 0.05) is 34.1 Å². The lowest BCUT2D eigenvalue weighted by Gasteiger charge is -2.11. The third kappa shape index (κ3) is 5.99. The zero-order chi connectivity index (χ0) is 22.2.